The summed E-state index contributed by atoms with van der Waals surface area (Å²) in [5.41, 5.74) is 1.48. The van der Waals surface area contributed by atoms with Gasteiger partial charge in [-0.1, -0.05) is 0 Å². The number of hydrogen-bond donors (Lipinski definition) is 3. The fourth-order valence-electron chi connectivity index (χ4n) is 1.57. The second-order valence-electron chi connectivity index (χ2n) is 4.90. The zero-order valence-corrected chi connectivity index (χ0v) is 10.4. The number of nitrogens with two attached hydrogens (primary N) is 1. The summed E-state index contributed by atoms with van der Waals surface area (Å²) in [6.07, 6.45) is -0.493. The fourth-order valence-corrected chi connectivity index (χ4v) is 1.57. The van der Waals surface area contributed by atoms with Crippen LogP contribution in [0.1, 0.15) is 20.8 Å². The number of hydrazine groups is 1. The van der Waals surface area contributed by atoms with Gasteiger partial charge in [-0.2, -0.15) is 0 Å². The van der Waals surface area contributed by atoms with Gasteiger partial charge in [0.05, 0.1) is 0 Å². The summed E-state index contributed by atoms with van der Waals surface area (Å²) in [4.78, 5) is 24.8. The second kappa shape index (κ2) is 5.33. The highest BCUT2D eigenvalue weighted by atomic mass is 16.6. The fraction of sp³-hybridized carbons (Fsp3) is 0.800. The summed E-state index contributed by atoms with van der Waals surface area (Å²) in [6.45, 7) is 6.78. The Morgan fingerprint density at radius 3 is 2.65 bits per heavy atom. The number of nitrogens with one attached hydrogen (secondary N) is 2. The van der Waals surface area contributed by atoms with Crippen molar-refractivity contribution in [3.05, 3.63) is 0 Å². The SMILES string of the molecule is CC(C)(C)OC(=O)N1CCNC[C@@H]1C(=O)NN. The van der Waals surface area contributed by atoms with Crippen LogP contribution in [0.15, 0.2) is 0 Å². The van der Waals surface area contributed by atoms with E-state index < -0.39 is 23.6 Å². The van der Waals surface area contributed by atoms with Gasteiger partial charge in [0.25, 0.3) is 5.91 Å². The smallest absolute Gasteiger partial charge is 0.411 e. The maximum atomic E-state index is 11.9. The topological polar surface area (TPSA) is 96.7 Å². The van der Waals surface area contributed by atoms with Crippen LogP contribution in [0, 0.1) is 0 Å². The molecule has 1 saturated heterocycles. The van der Waals surface area contributed by atoms with E-state index in [-0.39, 0.29) is 0 Å². The molecule has 1 heterocycles. The van der Waals surface area contributed by atoms with E-state index in [1.54, 1.807) is 20.8 Å². The van der Waals surface area contributed by atoms with Crippen LogP contribution in [0.25, 0.3) is 0 Å². The molecule has 2 amide bonds. The van der Waals surface area contributed by atoms with Crippen molar-refractivity contribution in [2.75, 3.05) is 19.6 Å². The minimum atomic E-state index is -0.622. The van der Waals surface area contributed by atoms with E-state index >= 15 is 0 Å². The molecule has 1 aliphatic heterocycles. The normalized spacial score (nSPS) is 20.9. The molecule has 1 fully saturated rings. The number of ether oxygens (including phenoxy) is 1. The number of piperazine rings is 1. The van der Waals surface area contributed by atoms with Crippen LogP contribution >= 0.6 is 0 Å². The number of nitrogens with zero attached hydrogens (tertiary/aromatic N) is 1. The minimum absolute atomic E-state index is 0.377. The van der Waals surface area contributed by atoms with E-state index in [1.165, 1.54) is 4.90 Å². The van der Waals surface area contributed by atoms with Crippen LogP contribution in [-0.2, 0) is 9.53 Å². The van der Waals surface area contributed by atoms with E-state index in [0.717, 1.165) is 0 Å². The minimum Gasteiger partial charge on any atom is -0.444 e. The lowest BCUT2D eigenvalue weighted by molar-refractivity contribution is -0.127. The Bertz CT molecular complexity index is 300. The molecule has 0 bridgehead atoms. The van der Waals surface area contributed by atoms with Gasteiger partial charge in [0, 0.05) is 19.6 Å². The van der Waals surface area contributed by atoms with Crippen LogP contribution in [0.4, 0.5) is 4.79 Å². The Balaban J connectivity index is 2.71. The third kappa shape index (κ3) is 3.86. The lowest BCUT2D eigenvalue weighted by Crippen LogP contribution is -2.61. The Hall–Kier alpha value is -1.34. The van der Waals surface area contributed by atoms with Gasteiger partial charge in [0.2, 0.25) is 0 Å². The first-order chi connectivity index (χ1) is 7.85. The Labute approximate surface area is 101 Å². The third-order valence-electron chi connectivity index (χ3n) is 2.32. The zero-order valence-electron chi connectivity index (χ0n) is 10.4. The van der Waals surface area contributed by atoms with Gasteiger partial charge >= 0.3 is 6.09 Å². The molecule has 0 unspecified atom stereocenters. The van der Waals surface area contributed by atoms with Gasteiger partial charge in [-0.25, -0.2) is 10.6 Å². The number of carbonyl (C=O) groups excluding carboxylic acids is 2. The van der Waals surface area contributed by atoms with Crippen LogP contribution in [0.5, 0.6) is 0 Å². The second-order valence-corrected chi connectivity index (χ2v) is 4.90. The summed E-state index contributed by atoms with van der Waals surface area (Å²) < 4.78 is 5.24. The van der Waals surface area contributed by atoms with Gasteiger partial charge in [0.1, 0.15) is 11.6 Å². The summed E-state index contributed by atoms with van der Waals surface area (Å²) in [5.74, 6) is 4.69. The summed E-state index contributed by atoms with van der Waals surface area (Å²) >= 11 is 0. The van der Waals surface area contributed by atoms with Gasteiger partial charge in [-0.3, -0.25) is 15.1 Å². The van der Waals surface area contributed by atoms with Crippen molar-refractivity contribution < 1.29 is 14.3 Å². The van der Waals surface area contributed by atoms with Crippen molar-refractivity contribution >= 4 is 12.0 Å². The maximum absolute atomic E-state index is 11.9. The summed E-state index contributed by atoms with van der Waals surface area (Å²) in [6, 6.07) is -0.622. The first-order valence-electron chi connectivity index (χ1n) is 5.56. The average Bonchev–Trinajstić information content (AvgIpc) is 2.25. The summed E-state index contributed by atoms with van der Waals surface area (Å²) in [5, 5.41) is 3.03. The van der Waals surface area contributed by atoms with Crippen molar-refractivity contribution in [3.8, 4) is 0 Å². The molecule has 7 nitrogen and oxygen atoms in total. The molecular formula is C10H20N4O3. The van der Waals surface area contributed by atoms with Gasteiger partial charge in [0.15, 0.2) is 0 Å². The molecule has 0 spiro atoms. The Morgan fingerprint density at radius 2 is 2.12 bits per heavy atom. The average molecular weight is 244 g/mol. The van der Waals surface area contributed by atoms with Crippen LogP contribution in [0.3, 0.4) is 0 Å². The standard InChI is InChI=1S/C10H20N4O3/c1-10(2,3)17-9(16)14-5-4-12-6-7(14)8(15)13-11/h7,12H,4-6,11H2,1-3H3,(H,13,15)/t7-/m1/s1. The molecule has 1 aliphatic rings. The quantitative estimate of drug-likeness (QED) is 0.318. The Morgan fingerprint density at radius 1 is 1.47 bits per heavy atom. The van der Waals surface area contributed by atoms with E-state index in [1.807, 2.05) is 0 Å². The maximum Gasteiger partial charge on any atom is 0.411 e. The number of carbonyl (C=O) groups is 2. The first-order valence-corrected chi connectivity index (χ1v) is 5.56. The van der Waals surface area contributed by atoms with Crippen molar-refractivity contribution in [3.63, 3.8) is 0 Å². The predicted octanol–water partition coefficient (Wildman–Crippen LogP) is -0.815. The van der Waals surface area contributed by atoms with Crippen LogP contribution in [-0.4, -0.2) is 48.2 Å². The molecule has 1 atom stereocenters. The lowest BCUT2D eigenvalue weighted by atomic mass is 10.2. The van der Waals surface area contributed by atoms with E-state index in [4.69, 9.17) is 10.6 Å². The van der Waals surface area contributed by atoms with Gasteiger partial charge in [-0.15, -0.1) is 0 Å². The molecule has 98 valence electrons. The molecule has 0 aliphatic carbocycles. The van der Waals surface area contributed by atoms with Crippen molar-refractivity contribution in [1.82, 2.24) is 15.6 Å². The molecule has 0 aromatic carbocycles. The molecule has 1 rings (SSSR count). The van der Waals surface area contributed by atoms with Crippen LogP contribution < -0.4 is 16.6 Å². The number of amides is 2. The monoisotopic (exact) mass is 244 g/mol. The molecule has 0 aromatic heterocycles. The molecule has 17 heavy (non-hydrogen) atoms. The highest BCUT2D eigenvalue weighted by molar-refractivity contribution is 5.85. The van der Waals surface area contributed by atoms with Crippen LogP contribution in [0.2, 0.25) is 0 Å². The van der Waals surface area contributed by atoms with E-state index in [9.17, 15) is 9.59 Å². The van der Waals surface area contributed by atoms with Gasteiger partial charge < -0.3 is 10.1 Å². The highest BCUT2D eigenvalue weighted by Gasteiger charge is 2.34. The molecule has 0 radical (unpaired) electrons. The third-order valence-corrected chi connectivity index (χ3v) is 2.32. The van der Waals surface area contributed by atoms with Crippen molar-refractivity contribution in [2.45, 2.75) is 32.4 Å². The van der Waals surface area contributed by atoms with E-state index in [0.29, 0.717) is 19.6 Å². The Kier molecular flexibility index (Phi) is 4.30. The lowest BCUT2D eigenvalue weighted by Gasteiger charge is -2.35. The zero-order chi connectivity index (χ0) is 13.1. The largest absolute Gasteiger partial charge is 0.444 e. The summed E-state index contributed by atoms with van der Waals surface area (Å²) in [7, 11) is 0. The molecule has 4 N–H and O–H groups in total. The predicted molar refractivity (Wildman–Crippen MR) is 61.9 cm³/mol. The first kappa shape index (κ1) is 13.7. The molecule has 7 heteroatoms. The van der Waals surface area contributed by atoms with Gasteiger partial charge in [-0.05, 0) is 20.8 Å². The van der Waals surface area contributed by atoms with Crippen molar-refractivity contribution in [1.29, 1.82) is 0 Å². The molecule has 0 saturated carbocycles. The molecular weight excluding hydrogens is 224 g/mol. The highest BCUT2D eigenvalue weighted by Crippen LogP contribution is 2.13. The molecule has 0 aromatic rings. The van der Waals surface area contributed by atoms with E-state index in [2.05, 4.69) is 10.7 Å². The number of rotatable bonds is 1. The number of hydrogen-bond acceptors (Lipinski definition) is 5. The van der Waals surface area contributed by atoms with Crippen molar-refractivity contribution in [2.24, 2.45) is 5.84 Å².